The van der Waals surface area contributed by atoms with E-state index in [2.05, 4.69) is 39.3 Å². The zero-order valence-corrected chi connectivity index (χ0v) is 17.6. The van der Waals surface area contributed by atoms with Gasteiger partial charge in [0, 0.05) is 42.2 Å². The van der Waals surface area contributed by atoms with E-state index in [0.717, 1.165) is 43.6 Å². The number of aromatic nitrogens is 4. The Morgan fingerprint density at radius 1 is 1.30 bits per heavy atom. The molecule has 0 spiro atoms. The van der Waals surface area contributed by atoms with Crippen molar-refractivity contribution in [3.8, 4) is 0 Å². The molecule has 0 radical (unpaired) electrons. The summed E-state index contributed by atoms with van der Waals surface area (Å²) in [7, 11) is 0. The fourth-order valence-corrected chi connectivity index (χ4v) is 4.02. The number of rotatable bonds is 5. The van der Waals surface area contributed by atoms with E-state index in [9.17, 15) is 9.59 Å². The predicted octanol–water partition coefficient (Wildman–Crippen LogP) is 2.95. The van der Waals surface area contributed by atoms with Crippen LogP contribution in [0, 0.1) is 6.92 Å². The van der Waals surface area contributed by atoms with Crippen molar-refractivity contribution in [2.75, 3.05) is 11.9 Å². The molecule has 4 rings (SSSR count). The van der Waals surface area contributed by atoms with Gasteiger partial charge in [-0.3, -0.25) is 19.9 Å². The number of ether oxygens (including phenoxy) is 1. The molecule has 2 amide bonds. The lowest BCUT2D eigenvalue weighted by molar-refractivity contribution is -0.115. The van der Waals surface area contributed by atoms with E-state index in [-0.39, 0.29) is 36.0 Å². The van der Waals surface area contributed by atoms with Crippen molar-refractivity contribution in [2.24, 2.45) is 0 Å². The number of nitrogens with one attached hydrogen (secondary N) is 2. The number of amides is 2. The maximum Gasteiger partial charge on any atom is 0.410 e. The van der Waals surface area contributed by atoms with Crippen LogP contribution in [0.4, 0.5) is 10.6 Å². The Balaban J connectivity index is 1.27. The molecule has 9 nitrogen and oxygen atoms in total. The topological polar surface area (TPSA) is 113 Å². The van der Waals surface area contributed by atoms with E-state index in [0.29, 0.717) is 11.5 Å². The lowest BCUT2D eigenvalue weighted by Crippen LogP contribution is -2.58. The molecule has 1 aliphatic heterocycles. The second kappa shape index (κ2) is 8.04. The van der Waals surface area contributed by atoms with Gasteiger partial charge in [0.05, 0.1) is 17.8 Å². The summed E-state index contributed by atoms with van der Waals surface area (Å²) in [4.78, 5) is 34.7. The van der Waals surface area contributed by atoms with Crippen molar-refractivity contribution < 1.29 is 14.3 Å². The molecule has 1 saturated carbocycles. The number of likely N-dealkylation sites (tertiary alicyclic amines) is 1. The van der Waals surface area contributed by atoms with E-state index in [1.807, 2.05) is 13.0 Å². The maximum atomic E-state index is 12.4. The molecule has 2 N–H and O–H groups in total. The molecule has 1 aliphatic carbocycles. The molecule has 2 atom stereocenters. The molecule has 30 heavy (non-hydrogen) atoms. The van der Waals surface area contributed by atoms with Crippen LogP contribution in [0.2, 0.25) is 0 Å². The van der Waals surface area contributed by atoms with Gasteiger partial charge in [0.1, 0.15) is 6.10 Å². The Morgan fingerprint density at radius 2 is 2.13 bits per heavy atom. The molecular formula is C21H28N6O3. The molecule has 1 saturated heterocycles. The third-order valence-corrected chi connectivity index (χ3v) is 6.03. The van der Waals surface area contributed by atoms with Gasteiger partial charge in [-0.1, -0.05) is 0 Å². The molecule has 2 fully saturated rings. The highest BCUT2D eigenvalue weighted by atomic mass is 16.6. The van der Waals surface area contributed by atoms with Gasteiger partial charge in [-0.05, 0) is 46.5 Å². The smallest absolute Gasteiger partial charge is 0.410 e. The number of nitrogens with zero attached hydrogens (tertiary/aromatic N) is 4. The molecule has 9 heteroatoms. The van der Waals surface area contributed by atoms with Crippen LogP contribution < -0.4 is 5.32 Å². The van der Waals surface area contributed by atoms with E-state index in [4.69, 9.17) is 4.74 Å². The third kappa shape index (κ3) is 4.44. The summed E-state index contributed by atoms with van der Waals surface area (Å²) in [5, 5.41) is 10.0. The summed E-state index contributed by atoms with van der Waals surface area (Å²) in [5.74, 6) is 0.521. The molecule has 3 heterocycles. The Labute approximate surface area is 175 Å². The number of hydrogen-bond acceptors (Lipinski definition) is 6. The van der Waals surface area contributed by atoms with Crippen LogP contribution in [0.25, 0.3) is 0 Å². The SMILES string of the molecule is Cc1cnc(CC(=O)Nc2cc([C@H]3CC[C@@H](OC(=O)N4CCC4(C)C)C3)[nH]n2)cn1. The van der Waals surface area contributed by atoms with Crippen molar-refractivity contribution in [1.82, 2.24) is 25.1 Å². The molecule has 0 unspecified atom stereocenters. The van der Waals surface area contributed by atoms with Crippen molar-refractivity contribution in [2.45, 2.75) is 70.4 Å². The van der Waals surface area contributed by atoms with Gasteiger partial charge in [-0.2, -0.15) is 5.10 Å². The number of hydrogen-bond donors (Lipinski definition) is 2. The van der Waals surface area contributed by atoms with Crippen LogP contribution in [0.5, 0.6) is 0 Å². The zero-order valence-electron chi connectivity index (χ0n) is 17.6. The summed E-state index contributed by atoms with van der Waals surface area (Å²) in [6.45, 7) is 6.73. The van der Waals surface area contributed by atoms with Gasteiger partial charge in [-0.15, -0.1) is 0 Å². The van der Waals surface area contributed by atoms with Crippen molar-refractivity contribution in [1.29, 1.82) is 0 Å². The monoisotopic (exact) mass is 412 g/mol. The second-order valence-electron chi connectivity index (χ2n) is 8.81. The number of H-pyrrole nitrogens is 1. The Morgan fingerprint density at radius 3 is 2.80 bits per heavy atom. The first kappa shape index (κ1) is 20.3. The quantitative estimate of drug-likeness (QED) is 0.781. The van der Waals surface area contributed by atoms with Crippen LogP contribution in [-0.2, 0) is 16.0 Å². The maximum absolute atomic E-state index is 12.4. The lowest BCUT2D eigenvalue weighted by Gasteiger charge is -2.47. The molecule has 2 aromatic rings. The van der Waals surface area contributed by atoms with E-state index >= 15 is 0 Å². The van der Waals surface area contributed by atoms with Gasteiger partial charge < -0.3 is 15.0 Å². The molecule has 0 aromatic carbocycles. The summed E-state index contributed by atoms with van der Waals surface area (Å²) in [5.41, 5.74) is 2.27. The Kier molecular flexibility index (Phi) is 5.44. The second-order valence-corrected chi connectivity index (χ2v) is 8.81. The van der Waals surface area contributed by atoms with Crippen LogP contribution in [0.1, 0.15) is 62.5 Å². The highest BCUT2D eigenvalue weighted by Gasteiger charge is 2.41. The fraction of sp³-hybridized carbons (Fsp3) is 0.571. The highest BCUT2D eigenvalue weighted by molar-refractivity contribution is 5.91. The summed E-state index contributed by atoms with van der Waals surface area (Å²) in [6.07, 6.45) is 6.60. The minimum absolute atomic E-state index is 0.0830. The molecule has 0 bridgehead atoms. The van der Waals surface area contributed by atoms with E-state index in [1.165, 1.54) is 0 Å². The Bertz CT molecular complexity index is 923. The number of carbonyl (C=O) groups excluding carboxylic acids is 2. The van der Waals surface area contributed by atoms with E-state index < -0.39 is 0 Å². The van der Waals surface area contributed by atoms with Gasteiger partial charge in [0.15, 0.2) is 5.82 Å². The van der Waals surface area contributed by atoms with Crippen molar-refractivity contribution >= 4 is 17.8 Å². The largest absolute Gasteiger partial charge is 0.446 e. The van der Waals surface area contributed by atoms with Crippen LogP contribution in [-0.4, -0.2) is 55.3 Å². The average Bonchev–Trinajstić information content (AvgIpc) is 3.32. The standard InChI is InChI=1S/C21H28N6O3/c1-13-11-23-15(12-22-13)9-19(28)24-18-10-17(25-26-18)14-4-5-16(8-14)30-20(29)27-7-6-21(27,2)3/h10-12,14,16H,4-9H2,1-3H3,(H2,24,25,26,28)/t14-,16+/m0/s1. The van der Waals surface area contributed by atoms with Crippen LogP contribution >= 0.6 is 0 Å². The Hall–Kier alpha value is -2.97. The van der Waals surface area contributed by atoms with Gasteiger partial charge in [0.2, 0.25) is 5.91 Å². The number of aryl methyl sites for hydroxylation is 1. The van der Waals surface area contributed by atoms with Gasteiger partial charge >= 0.3 is 6.09 Å². The summed E-state index contributed by atoms with van der Waals surface area (Å²) < 4.78 is 5.72. The van der Waals surface area contributed by atoms with Crippen molar-refractivity contribution in [3.05, 3.63) is 35.5 Å². The fourth-order valence-electron chi connectivity index (χ4n) is 4.02. The first-order chi connectivity index (χ1) is 14.3. The first-order valence-electron chi connectivity index (χ1n) is 10.4. The molecule has 2 aromatic heterocycles. The van der Waals surface area contributed by atoms with Crippen LogP contribution in [0.3, 0.4) is 0 Å². The summed E-state index contributed by atoms with van der Waals surface area (Å²) >= 11 is 0. The predicted molar refractivity (Wildman–Crippen MR) is 110 cm³/mol. The zero-order chi connectivity index (χ0) is 21.3. The minimum Gasteiger partial charge on any atom is -0.446 e. The minimum atomic E-state index is -0.214. The average molecular weight is 412 g/mol. The number of aromatic amines is 1. The third-order valence-electron chi connectivity index (χ3n) is 6.03. The number of anilines is 1. The van der Waals surface area contributed by atoms with Crippen LogP contribution in [0.15, 0.2) is 18.5 Å². The van der Waals surface area contributed by atoms with E-state index in [1.54, 1.807) is 17.3 Å². The molecular weight excluding hydrogens is 384 g/mol. The van der Waals surface area contributed by atoms with Crippen molar-refractivity contribution in [3.63, 3.8) is 0 Å². The molecule has 2 aliphatic rings. The normalized spacial score (nSPS) is 22.4. The summed E-state index contributed by atoms with van der Waals surface area (Å²) in [6, 6.07) is 1.85. The van der Waals surface area contributed by atoms with Gasteiger partial charge in [0.25, 0.3) is 0 Å². The van der Waals surface area contributed by atoms with Gasteiger partial charge in [-0.25, -0.2) is 4.79 Å². The number of carbonyl (C=O) groups is 2. The highest BCUT2D eigenvalue weighted by Crippen LogP contribution is 2.37. The lowest BCUT2D eigenvalue weighted by atomic mass is 9.90. The molecule has 160 valence electrons. The first-order valence-corrected chi connectivity index (χ1v) is 10.4.